The summed E-state index contributed by atoms with van der Waals surface area (Å²) < 4.78 is 23.5. The Balaban J connectivity index is 3.02. The number of benzene rings is 1. The number of carboxylic acids is 1. The molecule has 1 aromatic carbocycles. The van der Waals surface area contributed by atoms with Crippen LogP contribution in [0.5, 0.6) is 0 Å². The normalized spacial score (nSPS) is 10.4. The van der Waals surface area contributed by atoms with Gasteiger partial charge in [0.25, 0.3) is 5.78 Å². The minimum absolute atomic E-state index is 0.110. The first kappa shape index (κ1) is 13.8. The van der Waals surface area contributed by atoms with E-state index in [1.807, 2.05) is 0 Å². The Hall–Kier alpha value is -2.31. The van der Waals surface area contributed by atoms with Crippen LogP contribution in [-0.2, 0) is 19.4 Å². The fourth-order valence-electron chi connectivity index (χ4n) is 1.17. The molecule has 94 valence electrons. The van der Waals surface area contributed by atoms with Crippen LogP contribution in [0.25, 0.3) is 5.53 Å². The van der Waals surface area contributed by atoms with Gasteiger partial charge in [0.15, 0.2) is 9.84 Å². The summed E-state index contributed by atoms with van der Waals surface area (Å²) in [4.78, 5) is 24.0. The molecule has 0 aliphatic carbocycles. The number of Topliss-reactive ketones (excluding diaryl/α,β-unsaturated/α-hetero) is 1. The summed E-state index contributed by atoms with van der Waals surface area (Å²) >= 11 is 0. The molecule has 0 saturated heterocycles. The average molecular weight is 268 g/mol. The number of nitrogens with zero attached hydrogens (tertiary/aromatic N) is 2. The molecule has 0 fully saturated rings. The molecule has 7 nitrogen and oxygen atoms in total. The SMILES string of the molecule is [N-]=[N+]=C(C(=O)O)C(=O)CS(=O)(=O)c1ccccc1. The molecule has 1 aromatic rings. The molecular formula is C10H8N2O5S. The van der Waals surface area contributed by atoms with E-state index in [4.69, 9.17) is 10.6 Å². The third kappa shape index (κ3) is 3.09. The van der Waals surface area contributed by atoms with Crippen LogP contribution < -0.4 is 0 Å². The molecule has 0 unspecified atom stereocenters. The van der Waals surface area contributed by atoms with Gasteiger partial charge in [0.1, 0.15) is 5.75 Å². The lowest BCUT2D eigenvalue weighted by atomic mass is 10.3. The van der Waals surface area contributed by atoms with Gasteiger partial charge in [-0.25, -0.2) is 13.2 Å². The quantitative estimate of drug-likeness (QED) is 0.342. The first-order valence-corrected chi connectivity index (χ1v) is 6.30. The maximum absolute atomic E-state index is 11.7. The number of carbonyl (C=O) groups excluding carboxylic acids is 1. The van der Waals surface area contributed by atoms with Crippen molar-refractivity contribution in [3.63, 3.8) is 0 Å². The van der Waals surface area contributed by atoms with E-state index in [0.29, 0.717) is 0 Å². The third-order valence-electron chi connectivity index (χ3n) is 1.99. The zero-order valence-corrected chi connectivity index (χ0v) is 9.79. The molecule has 0 aromatic heterocycles. The van der Waals surface area contributed by atoms with Gasteiger partial charge in [-0.15, -0.1) is 0 Å². The Morgan fingerprint density at radius 3 is 2.22 bits per heavy atom. The standard InChI is InChI=1S/C10H8N2O5S/c11-12-9(10(14)15)8(13)6-18(16,17)7-4-2-1-3-5-7/h1-5H,6H2,(H,14,15). The van der Waals surface area contributed by atoms with E-state index in [1.54, 1.807) is 6.07 Å². The van der Waals surface area contributed by atoms with Crippen molar-refractivity contribution in [1.29, 1.82) is 0 Å². The highest BCUT2D eigenvalue weighted by Gasteiger charge is 2.33. The lowest BCUT2D eigenvalue weighted by molar-refractivity contribution is -0.136. The number of hydrogen-bond acceptors (Lipinski definition) is 4. The number of aliphatic carboxylic acids is 1. The van der Waals surface area contributed by atoms with E-state index in [2.05, 4.69) is 4.79 Å². The summed E-state index contributed by atoms with van der Waals surface area (Å²) in [5.74, 6) is -4.14. The van der Waals surface area contributed by atoms with Gasteiger partial charge in [-0.1, -0.05) is 18.2 Å². The smallest absolute Gasteiger partial charge is 0.442 e. The van der Waals surface area contributed by atoms with E-state index < -0.39 is 33.1 Å². The summed E-state index contributed by atoms with van der Waals surface area (Å²) in [7, 11) is -3.95. The Bertz CT molecular complexity index is 629. The molecule has 8 heteroatoms. The number of sulfone groups is 1. The van der Waals surface area contributed by atoms with E-state index in [9.17, 15) is 18.0 Å². The predicted molar refractivity (Wildman–Crippen MR) is 59.8 cm³/mol. The zero-order valence-electron chi connectivity index (χ0n) is 8.98. The van der Waals surface area contributed by atoms with E-state index >= 15 is 0 Å². The molecule has 0 aliphatic heterocycles. The summed E-state index contributed by atoms with van der Waals surface area (Å²) in [5, 5.41) is 8.50. The molecule has 0 radical (unpaired) electrons. The van der Waals surface area contributed by atoms with Crippen LogP contribution in [-0.4, -0.2) is 41.5 Å². The molecular weight excluding hydrogens is 260 g/mol. The van der Waals surface area contributed by atoms with Gasteiger partial charge >= 0.3 is 11.7 Å². The van der Waals surface area contributed by atoms with Gasteiger partial charge in [0, 0.05) is 0 Å². The highest BCUT2D eigenvalue weighted by Crippen LogP contribution is 2.10. The highest BCUT2D eigenvalue weighted by molar-refractivity contribution is 7.92. The lowest BCUT2D eigenvalue weighted by Crippen LogP contribution is -2.30. The summed E-state index contributed by atoms with van der Waals surface area (Å²) in [6.07, 6.45) is 0. The summed E-state index contributed by atoms with van der Waals surface area (Å²) in [6.45, 7) is 0. The van der Waals surface area contributed by atoms with Crippen molar-refractivity contribution in [2.45, 2.75) is 4.90 Å². The molecule has 0 amide bonds. The van der Waals surface area contributed by atoms with Crippen LogP contribution in [0.4, 0.5) is 0 Å². The third-order valence-corrected chi connectivity index (χ3v) is 3.62. The second-order valence-corrected chi connectivity index (χ2v) is 5.24. The number of ketones is 1. The second-order valence-electron chi connectivity index (χ2n) is 3.25. The fraction of sp³-hybridized carbons (Fsp3) is 0.100. The topological polar surface area (TPSA) is 125 Å². The average Bonchev–Trinajstić information content (AvgIpc) is 2.29. The van der Waals surface area contributed by atoms with Crippen LogP contribution in [0.15, 0.2) is 35.2 Å². The van der Waals surface area contributed by atoms with E-state index in [1.165, 1.54) is 24.3 Å². The van der Waals surface area contributed by atoms with E-state index in [-0.39, 0.29) is 4.90 Å². The van der Waals surface area contributed by atoms with Crippen molar-refractivity contribution in [3.05, 3.63) is 35.9 Å². The van der Waals surface area contributed by atoms with Crippen molar-refractivity contribution < 1.29 is 27.9 Å². The highest BCUT2D eigenvalue weighted by atomic mass is 32.2. The Kier molecular flexibility index (Phi) is 4.09. The number of carbonyl (C=O) groups is 2. The summed E-state index contributed by atoms with van der Waals surface area (Å²) in [6, 6.07) is 7.09. The van der Waals surface area contributed by atoms with Crippen molar-refractivity contribution in [3.8, 4) is 0 Å². The molecule has 0 aliphatic rings. The van der Waals surface area contributed by atoms with Gasteiger partial charge in [-0.2, -0.15) is 4.79 Å². The van der Waals surface area contributed by atoms with Crippen molar-refractivity contribution >= 4 is 27.3 Å². The molecule has 0 saturated carbocycles. The minimum atomic E-state index is -3.95. The predicted octanol–water partition coefficient (Wildman–Crippen LogP) is -0.215. The van der Waals surface area contributed by atoms with Crippen molar-refractivity contribution in [1.82, 2.24) is 0 Å². The van der Waals surface area contributed by atoms with E-state index in [0.717, 1.165) is 0 Å². The van der Waals surface area contributed by atoms with Crippen LogP contribution in [0.2, 0.25) is 0 Å². The molecule has 18 heavy (non-hydrogen) atoms. The number of hydrogen-bond donors (Lipinski definition) is 1. The maximum Gasteiger partial charge on any atom is 0.442 e. The van der Waals surface area contributed by atoms with Gasteiger partial charge in [-0.3, -0.25) is 4.79 Å². The monoisotopic (exact) mass is 268 g/mol. The summed E-state index contributed by atoms with van der Waals surface area (Å²) in [5.41, 5.74) is 7.11. The lowest BCUT2D eigenvalue weighted by Gasteiger charge is -2.00. The zero-order chi connectivity index (χ0) is 13.8. The Morgan fingerprint density at radius 1 is 1.22 bits per heavy atom. The van der Waals surface area contributed by atoms with Gasteiger partial charge in [-0.05, 0) is 12.1 Å². The van der Waals surface area contributed by atoms with Crippen LogP contribution in [0.1, 0.15) is 0 Å². The second kappa shape index (κ2) is 5.35. The van der Waals surface area contributed by atoms with Gasteiger partial charge < -0.3 is 10.6 Å². The molecule has 1 N–H and O–H groups in total. The number of rotatable bonds is 5. The van der Waals surface area contributed by atoms with Crippen molar-refractivity contribution in [2.24, 2.45) is 0 Å². The first-order chi connectivity index (χ1) is 8.38. The Morgan fingerprint density at radius 2 is 1.78 bits per heavy atom. The molecule has 1 rings (SSSR count). The van der Waals surface area contributed by atoms with Crippen LogP contribution in [0.3, 0.4) is 0 Å². The Labute approximate surface area is 102 Å². The minimum Gasteiger partial charge on any atom is -0.472 e. The molecule has 0 spiro atoms. The van der Waals surface area contributed by atoms with Crippen LogP contribution >= 0.6 is 0 Å². The van der Waals surface area contributed by atoms with Crippen molar-refractivity contribution in [2.75, 3.05) is 5.75 Å². The largest absolute Gasteiger partial charge is 0.472 e. The molecule has 0 bridgehead atoms. The molecule has 0 heterocycles. The maximum atomic E-state index is 11.7. The van der Waals surface area contributed by atoms with Crippen LogP contribution in [0, 0.1) is 0 Å². The van der Waals surface area contributed by atoms with Gasteiger partial charge in [0.05, 0.1) is 4.90 Å². The number of carboxylic acid groups (broad SMARTS) is 1. The molecule has 0 atom stereocenters. The van der Waals surface area contributed by atoms with Gasteiger partial charge in [0.2, 0.25) is 0 Å². The first-order valence-electron chi connectivity index (χ1n) is 4.65. The fourth-order valence-corrected chi connectivity index (χ4v) is 2.39.